The smallest absolute Gasteiger partial charge is 0.280 e. The fraction of sp³-hybridized carbons (Fsp3) is 0.316. The number of pyridine rings is 1. The second-order valence-electron chi connectivity index (χ2n) is 6.15. The van der Waals surface area contributed by atoms with E-state index in [1.165, 1.54) is 29.4 Å². The normalized spacial score (nSPS) is 11.2. The van der Waals surface area contributed by atoms with Crippen molar-refractivity contribution in [3.63, 3.8) is 0 Å². The molecule has 3 rings (SSSR count). The van der Waals surface area contributed by atoms with Gasteiger partial charge >= 0.3 is 5.69 Å². The molecule has 2 aromatic heterocycles. The molecule has 0 spiro atoms. The van der Waals surface area contributed by atoms with E-state index in [0.29, 0.717) is 22.3 Å². The zero-order chi connectivity index (χ0) is 18.8. The minimum absolute atomic E-state index is 0.268. The van der Waals surface area contributed by atoms with E-state index in [2.05, 4.69) is 4.98 Å². The third kappa shape index (κ3) is 3.19. The first kappa shape index (κ1) is 18.4. The summed E-state index contributed by atoms with van der Waals surface area (Å²) < 4.78 is 16.4. The average Bonchev–Trinajstić information content (AvgIpc) is 2.64. The molecule has 0 amide bonds. The number of aryl methyl sites for hydroxylation is 2. The molecule has 136 valence electrons. The van der Waals surface area contributed by atoms with E-state index in [-0.39, 0.29) is 11.4 Å². The number of nitrogens with zero attached hydrogens (tertiary/aromatic N) is 3. The Morgan fingerprint density at radius 2 is 1.85 bits per heavy atom. The number of hydrogen-bond donors (Lipinski definition) is 0. The maximum absolute atomic E-state index is 14.0. The van der Waals surface area contributed by atoms with Crippen molar-refractivity contribution in [2.75, 3.05) is 0 Å². The minimum Gasteiger partial charge on any atom is -0.280 e. The molecule has 3 aromatic rings. The number of fused-ring (bicyclic) bond motifs is 1. The van der Waals surface area contributed by atoms with Crippen molar-refractivity contribution in [1.29, 1.82) is 0 Å². The zero-order valence-corrected chi connectivity index (χ0v) is 15.8. The van der Waals surface area contributed by atoms with Gasteiger partial charge in [-0.05, 0) is 23.6 Å². The van der Waals surface area contributed by atoms with E-state index in [9.17, 15) is 14.0 Å². The van der Waals surface area contributed by atoms with Crippen molar-refractivity contribution < 1.29 is 4.39 Å². The molecule has 5 nitrogen and oxygen atoms in total. The van der Waals surface area contributed by atoms with E-state index in [1.54, 1.807) is 31.4 Å². The largest absolute Gasteiger partial charge is 0.332 e. The highest BCUT2D eigenvalue weighted by Gasteiger charge is 2.17. The van der Waals surface area contributed by atoms with E-state index >= 15 is 0 Å². The van der Waals surface area contributed by atoms with Crippen molar-refractivity contribution in [2.45, 2.75) is 30.4 Å². The molecule has 0 fully saturated rings. The van der Waals surface area contributed by atoms with Gasteiger partial charge in [-0.25, -0.2) is 14.2 Å². The Hall–Kier alpha value is -2.41. The lowest BCUT2D eigenvalue weighted by molar-refractivity contribution is 0.617. The van der Waals surface area contributed by atoms with Crippen molar-refractivity contribution in [3.8, 4) is 0 Å². The third-order valence-corrected chi connectivity index (χ3v) is 5.55. The van der Waals surface area contributed by atoms with Crippen molar-refractivity contribution in [1.82, 2.24) is 14.1 Å². The van der Waals surface area contributed by atoms with Crippen molar-refractivity contribution in [3.05, 3.63) is 68.2 Å². The molecule has 26 heavy (non-hydrogen) atoms. The monoisotopic (exact) mass is 373 g/mol. The number of rotatable bonds is 5. The van der Waals surface area contributed by atoms with Gasteiger partial charge in [-0.1, -0.05) is 31.5 Å². The van der Waals surface area contributed by atoms with Crippen LogP contribution >= 0.6 is 11.8 Å². The van der Waals surface area contributed by atoms with Gasteiger partial charge in [-0.15, -0.1) is 11.8 Å². The molecule has 0 N–H and O–H groups in total. The van der Waals surface area contributed by atoms with E-state index < -0.39 is 5.69 Å². The molecule has 0 radical (unpaired) electrons. The van der Waals surface area contributed by atoms with Crippen LogP contribution in [0.5, 0.6) is 0 Å². The highest BCUT2D eigenvalue weighted by molar-refractivity contribution is 7.98. The molecule has 2 heterocycles. The quantitative estimate of drug-likeness (QED) is 0.645. The lowest BCUT2D eigenvalue weighted by Gasteiger charge is -2.14. The standard InChI is InChI=1S/C19H20FN3O2S/c1-4-7-12-10-21-17-15(18(24)23(3)19(25)22(17)2)16(12)26-11-13-8-5-6-9-14(13)20/h5-6,8-10H,4,7,11H2,1-3H3. The predicted molar refractivity (Wildman–Crippen MR) is 102 cm³/mol. The van der Waals surface area contributed by atoms with Crippen LogP contribution in [0.2, 0.25) is 0 Å². The van der Waals surface area contributed by atoms with E-state index in [1.807, 2.05) is 6.92 Å². The minimum atomic E-state index is -0.414. The van der Waals surface area contributed by atoms with Crippen LogP contribution in [-0.2, 0) is 26.3 Å². The third-order valence-electron chi connectivity index (χ3n) is 4.34. The summed E-state index contributed by atoms with van der Waals surface area (Å²) in [5.74, 6) is 0.129. The topological polar surface area (TPSA) is 56.9 Å². The van der Waals surface area contributed by atoms with Crippen LogP contribution in [0, 0.1) is 5.82 Å². The Balaban J connectivity index is 2.20. The first-order valence-electron chi connectivity index (χ1n) is 8.39. The summed E-state index contributed by atoms with van der Waals surface area (Å²) in [7, 11) is 3.06. The van der Waals surface area contributed by atoms with Crippen LogP contribution in [0.25, 0.3) is 11.0 Å². The van der Waals surface area contributed by atoms with Gasteiger partial charge in [0, 0.05) is 30.9 Å². The molecule has 1 aromatic carbocycles. The number of halogens is 1. The molecule has 0 bridgehead atoms. The number of aromatic nitrogens is 3. The maximum atomic E-state index is 14.0. The summed E-state index contributed by atoms with van der Waals surface area (Å²) >= 11 is 1.41. The molecule has 7 heteroatoms. The first-order valence-corrected chi connectivity index (χ1v) is 9.38. The average molecular weight is 373 g/mol. The van der Waals surface area contributed by atoms with E-state index in [0.717, 1.165) is 27.9 Å². The summed E-state index contributed by atoms with van der Waals surface area (Å²) in [5.41, 5.74) is 1.09. The Morgan fingerprint density at radius 1 is 1.12 bits per heavy atom. The van der Waals surface area contributed by atoms with Gasteiger partial charge in [0.15, 0.2) is 0 Å². The lowest BCUT2D eigenvalue weighted by Crippen LogP contribution is -2.37. The Kier molecular flexibility index (Phi) is 5.27. The maximum Gasteiger partial charge on any atom is 0.332 e. The highest BCUT2D eigenvalue weighted by Crippen LogP contribution is 2.32. The van der Waals surface area contributed by atoms with Gasteiger partial charge < -0.3 is 0 Å². The Bertz CT molecular complexity index is 1090. The molecule has 0 saturated heterocycles. The van der Waals surface area contributed by atoms with Crippen LogP contribution in [0.15, 0.2) is 44.9 Å². The summed E-state index contributed by atoms with van der Waals surface area (Å²) in [6.45, 7) is 2.05. The number of hydrogen-bond acceptors (Lipinski definition) is 4. The predicted octanol–water partition coefficient (Wildman–Crippen LogP) is 3.02. The fourth-order valence-electron chi connectivity index (χ4n) is 2.92. The van der Waals surface area contributed by atoms with Crippen LogP contribution < -0.4 is 11.2 Å². The van der Waals surface area contributed by atoms with Crippen LogP contribution in [0.4, 0.5) is 4.39 Å². The Morgan fingerprint density at radius 3 is 2.54 bits per heavy atom. The van der Waals surface area contributed by atoms with Crippen molar-refractivity contribution in [2.24, 2.45) is 14.1 Å². The number of benzene rings is 1. The molecule has 0 saturated carbocycles. The molecular weight excluding hydrogens is 353 g/mol. The summed E-state index contributed by atoms with van der Waals surface area (Å²) in [6, 6.07) is 6.61. The summed E-state index contributed by atoms with van der Waals surface area (Å²) in [6.07, 6.45) is 3.37. The van der Waals surface area contributed by atoms with Gasteiger partial charge in [0.25, 0.3) is 5.56 Å². The van der Waals surface area contributed by atoms with Crippen LogP contribution in [0.1, 0.15) is 24.5 Å². The molecular formula is C19H20FN3O2S. The summed E-state index contributed by atoms with van der Waals surface area (Å²) in [4.78, 5) is 30.1. The Labute approximate surface area is 154 Å². The molecule has 0 aliphatic rings. The zero-order valence-electron chi connectivity index (χ0n) is 15.0. The SMILES string of the molecule is CCCc1cnc2c(c1SCc1ccccc1F)c(=O)n(C)c(=O)n2C. The van der Waals surface area contributed by atoms with Gasteiger partial charge in [-0.2, -0.15) is 0 Å². The highest BCUT2D eigenvalue weighted by atomic mass is 32.2. The van der Waals surface area contributed by atoms with Crippen LogP contribution in [0.3, 0.4) is 0 Å². The van der Waals surface area contributed by atoms with E-state index in [4.69, 9.17) is 0 Å². The second kappa shape index (κ2) is 7.45. The molecule has 0 atom stereocenters. The van der Waals surface area contributed by atoms with Gasteiger partial charge in [0.2, 0.25) is 0 Å². The molecule has 0 unspecified atom stereocenters. The van der Waals surface area contributed by atoms with Crippen molar-refractivity contribution >= 4 is 22.8 Å². The molecule has 0 aliphatic carbocycles. The first-order chi connectivity index (χ1) is 12.5. The van der Waals surface area contributed by atoms with Gasteiger partial charge in [0.1, 0.15) is 11.5 Å². The lowest BCUT2D eigenvalue weighted by atomic mass is 10.1. The van der Waals surface area contributed by atoms with Gasteiger partial charge in [-0.3, -0.25) is 13.9 Å². The van der Waals surface area contributed by atoms with Crippen LogP contribution in [-0.4, -0.2) is 14.1 Å². The van der Waals surface area contributed by atoms with Gasteiger partial charge in [0.05, 0.1) is 5.39 Å². The molecule has 0 aliphatic heterocycles. The summed E-state index contributed by atoms with van der Waals surface area (Å²) in [5, 5.41) is 0.418. The fourth-order valence-corrected chi connectivity index (χ4v) is 4.12. The second-order valence-corrected chi connectivity index (χ2v) is 7.13. The number of thioether (sulfide) groups is 1.